The lowest BCUT2D eigenvalue weighted by atomic mass is 9.63. The van der Waals surface area contributed by atoms with Gasteiger partial charge in [0.05, 0.1) is 22.1 Å². The first-order valence-corrected chi connectivity index (χ1v) is 13.4. The molecule has 0 radical (unpaired) electrons. The van der Waals surface area contributed by atoms with Gasteiger partial charge in [-0.05, 0) is 79.5 Å². The molecule has 0 aromatic heterocycles. The van der Waals surface area contributed by atoms with Crippen molar-refractivity contribution < 1.29 is 36.6 Å². The molecule has 0 spiro atoms. The van der Waals surface area contributed by atoms with Crippen LogP contribution in [-0.4, -0.2) is 33.5 Å². The van der Waals surface area contributed by atoms with Gasteiger partial charge in [-0.3, -0.25) is 9.69 Å². The maximum absolute atomic E-state index is 14.2. The molecule has 1 aromatic carbocycles. The molecule has 5 nitrogen and oxygen atoms in total. The minimum atomic E-state index is -4.63. The molecule has 6 rings (SSSR count). The predicted molar refractivity (Wildman–Crippen MR) is 134 cm³/mol. The number of carboxylic acids is 1. The molecule has 4 aliphatic carbocycles. The smallest absolute Gasteiger partial charge is 0.416 e. The fourth-order valence-electron chi connectivity index (χ4n) is 7.12. The summed E-state index contributed by atoms with van der Waals surface area (Å²) >= 11 is 0. The summed E-state index contributed by atoms with van der Waals surface area (Å²) < 4.78 is 70.7. The van der Waals surface area contributed by atoms with E-state index in [9.17, 15) is 36.6 Å². The topological polar surface area (TPSA) is 69.6 Å². The molecule has 1 atom stereocenters. The highest BCUT2D eigenvalue weighted by Crippen LogP contribution is 2.65. The standard InChI is InChI=1S/C29H35F5N2O3/c1-24(2,3)8-7-17-5-6-19(11-20(17)29(32,33)34)25(4)21(18-12-28(30,31)13-18)14-36(23(39)35-25)27-10-9-26(15-27,16-27)22(37)38/h5-6,11,14,18H,7-10,12-13,15-16H2,1-4H3,(H,35,39)(H,37,38)/t25-,26?,27?/m0/s1. The molecule has 2 N–H and O–H groups in total. The zero-order chi connectivity index (χ0) is 28.8. The van der Waals surface area contributed by atoms with Crippen LogP contribution in [-0.2, 0) is 22.9 Å². The second kappa shape index (κ2) is 8.43. The molecule has 0 saturated heterocycles. The predicted octanol–water partition coefficient (Wildman–Crippen LogP) is 7.25. The van der Waals surface area contributed by atoms with Gasteiger partial charge in [-0.1, -0.05) is 32.9 Å². The monoisotopic (exact) mass is 554 g/mol. The van der Waals surface area contributed by atoms with Gasteiger partial charge in [0.25, 0.3) is 0 Å². The van der Waals surface area contributed by atoms with E-state index in [1.807, 2.05) is 20.8 Å². The lowest BCUT2D eigenvalue weighted by Crippen LogP contribution is -2.65. The van der Waals surface area contributed by atoms with Gasteiger partial charge in [-0.25, -0.2) is 13.6 Å². The van der Waals surface area contributed by atoms with Crippen molar-refractivity contribution in [1.29, 1.82) is 0 Å². The number of hydrogen-bond donors (Lipinski definition) is 2. The van der Waals surface area contributed by atoms with Crippen molar-refractivity contribution in [2.75, 3.05) is 0 Å². The van der Waals surface area contributed by atoms with Crippen LogP contribution in [0.4, 0.5) is 26.7 Å². The fraction of sp³-hybridized carbons (Fsp3) is 0.655. The molecule has 1 heterocycles. The molecule has 1 aliphatic heterocycles. The van der Waals surface area contributed by atoms with Gasteiger partial charge in [0.1, 0.15) is 0 Å². The van der Waals surface area contributed by atoms with E-state index in [2.05, 4.69) is 5.32 Å². The summed E-state index contributed by atoms with van der Waals surface area (Å²) in [6.45, 7) is 7.44. The van der Waals surface area contributed by atoms with E-state index < -0.39 is 64.9 Å². The van der Waals surface area contributed by atoms with E-state index in [-0.39, 0.29) is 35.8 Å². The van der Waals surface area contributed by atoms with Crippen LogP contribution in [0.15, 0.2) is 30.0 Å². The maximum Gasteiger partial charge on any atom is 0.416 e. The molecular formula is C29H35F5N2O3. The Morgan fingerprint density at radius 2 is 1.77 bits per heavy atom. The number of rotatable bonds is 6. The number of nitrogens with zero attached hydrogens (tertiary/aromatic N) is 1. The van der Waals surface area contributed by atoms with Gasteiger partial charge in [-0.15, -0.1) is 0 Å². The molecule has 4 saturated carbocycles. The highest BCUT2D eigenvalue weighted by molar-refractivity contribution is 5.83. The van der Waals surface area contributed by atoms with Crippen LogP contribution < -0.4 is 5.32 Å². The van der Waals surface area contributed by atoms with Crippen molar-refractivity contribution in [3.63, 3.8) is 0 Å². The Morgan fingerprint density at radius 3 is 2.28 bits per heavy atom. The third kappa shape index (κ3) is 4.61. The zero-order valence-corrected chi connectivity index (χ0v) is 22.6. The number of carboxylic acid groups (broad SMARTS) is 1. The number of alkyl halides is 5. The number of urea groups is 1. The van der Waals surface area contributed by atoms with Crippen molar-refractivity contribution in [1.82, 2.24) is 10.2 Å². The van der Waals surface area contributed by atoms with Crippen LogP contribution in [0.5, 0.6) is 0 Å². The number of hydrogen-bond acceptors (Lipinski definition) is 2. The molecule has 4 fully saturated rings. The third-order valence-electron chi connectivity index (χ3n) is 9.46. The Balaban J connectivity index is 1.55. The van der Waals surface area contributed by atoms with E-state index in [0.717, 1.165) is 6.07 Å². The number of halogens is 5. The summed E-state index contributed by atoms with van der Waals surface area (Å²) in [6.07, 6.45) is -1.83. The number of fused-ring (bicyclic) bond motifs is 1. The van der Waals surface area contributed by atoms with Crippen LogP contribution in [0.3, 0.4) is 0 Å². The first kappa shape index (κ1) is 27.9. The molecule has 39 heavy (non-hydrogen) atoms. The van der Waals surface area contributed by atoms with Crippen molar-refractivity contribution in [2.24, 2.45) is 16.7 Å². The number of carbonyl (C=O) groups excluding carboxylic acids is 1. The summed E-state index contributed by atoms with van der Waals surface area (Å²) in [5.41, 5.74) is -3.24. The van der Waals surface area contributed by atoms with Crippen LogP contribution in [0.25, 0.3) is 0 Å². The Kier molecular flexibility index (Phi) is 6.03. The SMILES string of the molecule is CC(C)(C)CCc1ccc([C@]2(C)NC(=O)N(C34CCC(C(=O)O)(C3)C4)C=C2C2CC(F)(F)C2)cc1C(F)(F)F. The number of amides is 2. The van der Waals surface area contributed by atoms with E-state index in [1.54, 1.807) is 13.0 Å². The highest BCUT2D eigenvalue weighted by Gasteiger charge is 2.68. The van der Waals surface area contributed by atoms with Crippen LogP contribution in [0.1, 0.15) is 89.3 Å². The zero-order valence-electron chi connectivity index (χ0n) is 22.6. The molecular weight excluding hydrogens is 519 g/mol. The van der Waals surface area contributed by atoms with Crippen molar-refractivity contribution in [2.45, 2.75) is 102 Å². The molecule has 214 valence electrons. The van der Waals surface area contributed by atoms with Crippen molar-refractivity contribution in [3.05, 3.63) is 46.7 Å². The lowest BCUT2D eigenvalue weighted by Gasteiger charge is -2.55. The normalized spacial score (nSPS) is 32.3. The molecule has 1 aromatic rings. The van der Waals surface area contributed by atoms with Gasteiger partial charge in [0.2, 0.25) is 5.92 Å². The largest absolute Gasteiger partial charge is 0.481 e. The Labute approximate surface area is 224 Å². The molecule has 5 aliphatic rings. The lowest BCUT2D eigenvalue weighted by molar-refractivity contribution is -0.156. The van der Waals surface area contributed by atoms with Crippen LogP contribution >= 0.6 is 0 Å². The van der Waals surface area contributed by atoms with Crippen molar-refractivity contribution in [3.8, 4) is 0 Å². The average molecular weight is 555 g/mol. The quantitative estimate of drug-likeness (QED) is 0.364. The van der Waals surface area contributed by atoms with Gasteiger partial charge in [0, 0.05) is 19.0 Å². The first-order chi connectivity index (χ1) is 17.8. The fourth-order valence-corrected chi connectivity index (χ4v) is 7.12. The van der Waals surface area contributed by atoms with Gasteiger partial charge in [-0.2, -0.15) is 13.2 Å². The van der Waals surface area contributed by atoms with E-state index >= 15 is 0 Å². The van der Waals surface area contributed by atoms with Gasteiger partial charge in [0.15, 0.2) is 0 Å². The maximum atomic E-state index is 14.2. The minimum Gasteiger partial charge on any atom is -0.481 e. The van der Waals surface area contributed by atoms with E-state index in [4.69, 9.17) is 0 Å². The number of aryl methyl sites for hydroxylation is 1. The summed E-state index contributed by atoms with van der Waals surface area (Å²) in [7, 11) is 0. The third-order valence-corrected chi connectivity index (χ3v) is 9.46. The number of benzene rings is 1. The van der Waals surface area contributed by atoms with Gasteiger partial charge < -0.3 is 10.4 Å². The molecule has 2 bridgehead atoms. The summed E-state index contributed by atoms with van der Waals surface area (Å²) in [5, 5.41) is 12.5. The van der Waals surface area contributed by atoms with Crippen LogP contribution in [0.2, 0.25) is 0 Å². The Morgan fingerprint density at radius 1 is 1.13 bits per heavy atom. The Bertz CT molecular complexity index is 1230. The number of carbonyl (C=O) groups is 2. The highest BCUT2D eigenvalue weighted by atomic mass is 19.4. The summed E-state index contributed by atoms with van der Waals surface area (Å²) in [6, 6.07) is 3.48. The number of aliphatic carboxylic acids is 1. The van der Waals surface area contributed by atoms with Crippen LogP contribution in [0, 0.1) is 16.7 Å². The second-order valence-electron chi connectivity index (χ2n) is 13.6. The Hall–Kier alpha value is -2.65. The summed E-state index contributed by atoms with van der Waals surface area (Å²) in [5.74, 6) is -4.43. The van der Waals surface area contributed by atoms with Gasteiger partial charge >= 0.3 is 18.2 Å². The van der Waals surface area contributed by atoms with Crippen molar-refractivity contribution >= 4 is 12.0 Å². The van der Waals surface area contributed by atoms with E-state index in [1.165, 1.54) is 17.2 Å². The average Bonchev–Trinajstić information content (AvgIpc) is 3.33. The molecule has 2 amide bonds. The number of nitrogens with one attached hydrogen (secondary N) is 1. The first-order valence-electron chi connectivity index (χ1n) is 13.4. The molecule has 0 unspecified atom stereocenters. The molecule has 10 heteroatoms. The van der Waals surface area contributed by atoms with E-state index in [0.29, 0.717) is 24.8 Å². The minimum absolute atomic E-state index is 0.151. The second-order valence-corrected chi connectivity index (χ2v) is 13.6. The summed E-state index contributed by atoms with van der Waals surface area (Å²) in [4.78, 5) is 26.7.